The summed E-state index contributed by atoms with van der Waals surface area (Å²) in [6.45, 7) is 1.39. The van der Waals surface area contributed by atoms with Crippen molar-refractivity contribution in [2.24, 2.45) is 5.10 Å². The number of nitrogens with one attached hydrogen (secondary N) is 1. The van der Waals surface area contributed by atoms with Gasteiger partial charge in [0.15, 0.2) is 5.71 Å². The Labute approximate surface area is 129 Å². The number of hydrogen-bond acceptors (Lipinski definition) is 4. The fourth-order valence-corrected chi connectivity index (χ4v) is 1.90. The van der Waals surface area contributed by atoms with E-state index in [1.807, 2.05) is 0 Å². The van der Waals surface area contributed by atoms with Crippen LogP contribution in [-0.2, 0) is 4.79 Å². The number of carbonyl (C=O) groups is 2. The SMILES string of the molecule is CC(CO)NC(=O)c1ccc(N2N=C(C(F)(F)F)CC2=O)cc1. The molecule has 1 atom stereocenters. The molecule has 2 rings (SSSR count). The van der Waals surface area contributed by atoms with E-state index in [-0.39, 0.29) is 17.9 Å². The second kappa shape index (κ2) is 6.37. The number of carbonyl (C=O) groups excluding carboxylic acids is 2. The lowest BCUT2D eigenvalue weighted by molar-refractivity contribution is -0.117. The van der Waals surface area contributed by atoms with Crippen LogP contribution in [0.2, 0.25) is 0 Å². The van der Waals surface area contributed by atoms with Crippen molar-refractivity contribution in [2.45, 2.75) is 25.6 Å². The molecule has 1 aromatic carbocycles. The minimum Gasteiger partial charge on any atom is -0.394 e. The van der Waals surface area contributed by atoms with Crippen LogP contribution in [0.1, 0.15) is 23.7 Å². The van der Waals surface area contributed by atoms with Gasteiger partial charge in [-0.25, -0.2) is 5.01 Å². The van der Waals surface area contributed by atoms with Gasteiger partial charge in [0.2, 0.25) is 0 Å². The molecule has 9 heteroatoms. The largest absolute Gasteiger partial charge is 0.431 e. The second-order valence-electron chi connectivity index (χ2n) is 5.03. The number of halogens is 3. The van der Waals surface area contributed by atoms with Crippen LogP contribution < -0.4 is 10.3 Å². The van der Waals surface area contributed by atoms with Gasteiger partial charge in [-0.05, 0) is 31.2 Å². The summed E-state index contributed by atoms with van der Waals surface area (Å²) in [6, 6.07) is 4.96. The van der Waals surface area contributed by atoms with Gasteiger partial charge in [0.25, 0.3) is 11.8 Å². The van der Waals surface area contributed by atoms with Crippen LogP contribution in [0.3, 0.4) is 0 Å². The second-order valence-corrected chi connectivity index (χ2v) is 5.03. The van der Waals surface area contributed by atoms with Crippen LogP contribution in [-0.4, -0.2) is 41.5 Å². The van der Waals surface area contributed by atoms with E-state index in [4.69, 9.17) is 5.11 Å². The molecule has 2 amide bonds. The predicted octanol–water partition coefficient (Wildman–Crippen LogP) is 1.45. The number of hydrogen-bond donors (Lipinski definition) is 2. The highest BCUT2D eigenvalue weighted by atomic mass is 19.4. The Morgan fingerprint density at radius 3 is 2.48 bits per heavy atom. The minimum atomic E-state index is -4.65. The number of alkyl halides is 3. The Morgan fingerprint density at radius 1 is 1.39 bits per heavy atom. The van der Waals surface area contributed by atoms with Crippen molar-refractivity contribution < 1.29 is 27.9 Å². The zero-order chi connectivity index (χ0) is 17.2. The molecule has 0 saturated carbocycles. The molecule has 1 unspecified atom stereocenters. The van der Waals surface area contributed by atoms with Gasteiger partial charge in [0, 0.05) is 11.6 Å². The van der Waals surface area contributed by atoms with Gasteiger partial charge >= 0.3 is 6.18 Å². The maximum atomic E-state index is 12.6. The molecule has 1 aliphatic heterocycles. The monoisotopic (exact) mass is 329 g/mol. The standard InChI is InChI=1S/C14H14F3N3O3/c1-8(7-21)18-13(23)9-2-4-10(5-3-9)20-12(22)6-11(19-20)14(15,16)17/h2-5,8,21H,6-7H2,1H3,(H,18,23). The van der Waals surface area contributed by atoms with Crippen molar-refractivity contribution in [1.29, 1.82) is 0 Å². The van der Waals surface area contributed by atoms with Crippen LogP contribution in [0, 0.1) is 0 Å². The van der Waals surface area contributed by atoms with Gasteiger partial charge in [-0.15, -0.1) is 0 Å². The molecule has 1 heterocycles. The summed E-state index contributed by atoms with van der Waals surface area (Å²) in [5.74, 6) is -1.23. The van der Waals surface area contributed by atoms with Crippen LogP contribution in [0.25, 0.3) is 0 Å². The van der Waals surface area contributed by atoms with E-state index in [9.17, 15) is 22.8 Å². The Hall–Kier alpha value is -2.42. The molecule has 124 valence electrons. The van der Waals surface area contributed by atoms with E-state index in [0.717, 1.165) is 0 Å². The van der Waals surface area contributed by atoms with E-state index in [1.165, 1.54) is 24.3 Å². The number of anilines is 1. The molecule has 1 aliphatic rings. The molecule has 6 nitrogen and oxygen atoms in total. The topological polar surface area (TPSA) is 82.0 Å². The quantitative estimate of drug-likeness (QED) is 0.877. The number of aliphatic hydroxyl groups is 1. The number of amides is 2. The Balaban J connectivity index is 2.15. The first-order chi connectivity index (χ1) is 10.7. The summed E-state index contributed by atoms with van der Waals surface area (Å²) in [4.78, 5) is 23.5. The molecule has 0 radical (unpaired) electrons. The van der Waals surface area contributed by atoms with Crippen LogP contribution >= 0.6 is 0 Å². The van der Waals surface area contributed by atoms with E-state index in [0.29, 0.717) is 5.01 Å². The van der Waals surface area contributed by atoms with Gasteiger partial charge in [-0.3, -0.25) is 9.59 Å². The van der Waals surface area contributed by atoms with Crippen molar-refractivity contribution in [2.75, 3.05) is 11.6 Å². The average molecular weight is 329 g/mol. The molecule has 0 aromatic heterocycles. The van der Waals surface area contributed by atoms with Gasteiger partial charge in [0.05, 0.1) is 18.7 Å². The summed E-state index contributed by atoms with van der Waals surface area (Å²) in [7, 11) is 0. The van der Waals surface area contributed by atoms with E-state index < -0.39 is 36.2 Å². The van der Waals surface area contributed by atoms with Gasteiger partial charge < -0.3 is 10.4 Å². The van der Waals surface area contributed by atoms with Crippen molar-refractivity contribution in [1.82, 2.24) is 5.32 Å². The highest BCUT2D eigenvalue weighted by molar-refractivity contribution is 6.14. The van der Waals surface area contributed by atoms with Crippen molar-refractivity contribution in [3.8, 4) is 0 Å². The highest BCUT2D eigenvalue weighted by Gasteiger charge is 2.42. The number of aliphatic hydroxyl groups excluding tert-OH is 1. The first-order valence-electron chi connectivity index (χ1n) is 6.71. The zero-order valence-corrected chi connectivity index (χ0v) is 12.1. The number of rotatable bonds is 4. The maximum absolute atomic E-state index is 12.6. The molecular weight excluding hydrogens is 315 g/mol. The number of benzene rings is 1. The molecule has 0 saturated heterocycles. The molecule has 0 bridgehead atoms. The molecule has 0 spiro atoms. The third-order valence-corrected chi connectivity index (χ3v) is 3.13. The third kappa shape index (κ3) is 3.86. The van der Waals surface area contributed by atoms with Gasteiger partial charge in [-0.1, -0.05) is 0 Å². The van der Waals surface area contributed by atoms with Gasteiger partial charge in [0.1, 0.15) is 0 Å². The third-order valence-electron chi connectivity index (χ3n) is 3.13. The van der Waals surface area contributed by atoms with E-state index >= 15 is 0 Å². The molecule has 0 fully saturated rings. The van der Waals surface area contributed by atoms with Crippen molar-refractivity contribution >= 4 is 23.2 Å². The number of nitrogens with zero attached hydrogens (tertiary/aromatic N) is 2. The summed E-state index contributed by atoms with van der Waals surface area (Å²) >= 11 is 0. The smallest absolute Gasteiger partial charge is 0.394 e. The summed E-state index contributed by atoms with van der Waals surface area (Å²) in [6.07, 6.45) is -5.45. The fourth-order valence-electron chi connectivity index (χ4n) is 1.90. The Bertz CT molecular complexity index is 641. The van der Waals surface area contributed by atoms with Crippen LogP contribution in [0.5, 0.6) is 0 Å². The predicted molar refractivity (Wildman–Crippen MR) is 76.0 cm³/mol. The zero-order valence-electron chi connectivity index (χ0n) is 12.1. The summed E-state index contributed by atoms with van der Waals surface area (Å²) in [5, 5.41) is 15.4. The minimum absolute atomic E-state index is 0.140. The van der Waals surface area contributed by atoms with Crippen LogP contribution in [0.4, 0.5) is 18.9 Å². The normalized spacial score (nSPS) is 16.3. The average Bonchev–Trinajstić information content (AvgIpc) is 2.89. The van der Waals surface area contributed by atoms with E-state index in [1.54, 1.807) is 6.92 Å². The lowest BCUT2D eigenvalue weighted by atomic mass is 10.1. The summed E-state index contributed by atoms with van der Waals surface area (Å²) in [5.41, 5.74) is -0.761. The molecule has 2 N–H and O–H groups in total. The summed E-state index contributed by atoms with van der Waals surface area (Å²) < 4.78 is 37.7. The Kier molecular flexibility index (Phi) is 4.69. The van der Waals surface area contributed by atoms with E-state index in [2.05, 4.69) is 10.4 Å². The van der Waals surface area contributed by atoms with Crippen LogP contribution in [0.15, 0.2) is 29.4 Å². The first kappa shape index (κ1) is 16.9. The lowest BCUT2D eigenvalue weighted by Crippen LogP contribution is -2.34. The first-order valence-corrected chi connectivity index (χ1v) is 6.71. The van der Waals surface area contributed by atoms with Crippen molar-refractivity contribution in [3.05, 3.63) is 29.8 Å². The number of hydrazone groups is 1. The molecular formula is C14H14F3N3O3. The Morgan fingerprint density at radius 2 is 2.00 bits per heavy atom. The van der Waals surface area contributed by atoms with Gasteiger partial charge in [-0.2, -0.15) is 18.3 Å². The molecule has 1 aromatic rings. The highest BCUT2D eigenvalue weighted by Crippen LogP contribution is 2.28. The molecule has 23 heavy (non-hydrogen) atoms. The lowest BCUT2D eigenvalue weighted by Gasteiger charge is -2.13. The fraction of sp³-hybridized carbons (Fsp3) is 0.357. The molecule has 0 aliphatic carbocycles. The maximum Gasteiger partial charge on any atom is 0.431 e. The van der Waals surface area contributed by atoms with Crippen molar-refractivity contribution in [3.63, 3.8) is 0 Å².